The normalized spacial score (nSPS) is 15.7. The molecule has 1 fully saturated rings. The number of aliphatic carboxylic acids is 1. The molecule has 0 bridgehead atoms. The number of nitrogens with two attached hydrogens (primary N) is 1. The first kappa shape index (κ1) is 28.9. The molecule has 15 heteroatoms. The topological polar surface area (TPSA) is 172 Å². The lowest BCUT2D eigenvalue weighted by molar-refractivity contribution is -0.160. The number of amides is 1. The third-order valence-electron chi connectivity index (χ3n) is 7.04. The number of carboxylic acid groups (broad SMARTS) is 1. The van der Waals surface area contributed by atoms with Crippen molar-refractivity contribution in [2.24, 2.45) is 5.92 Å². The van der Waals surface area contributed by atoms with Crippen molar-refractivity contribution in [1.29, 1.82) is 0 Å². The Morgan fingerprint density at radius 2 is 1.93 bits per heavy atom. The minimum atomic E-state index is -1.09. The van der Waals surface area contributed by atoms with Gasteiger partial charge >= 0.3 is 11.9 Å². The van der Waals surface area contributed by atoms with Gasteiger partial charge in [-0.1, -0.05) is 11.8 Å². The summed E-state index contributed by atoms with van der Waals surface area (Å²) in [7, 11) is 0. The van der Waals surface area contributed by atoms with Gasteiger partial charge in [-0.05, 0) is 60.2 Å². The molecule has 0 spiro atoms. The van der Waals surface area contributed by atoms with Crippen LogP contribution in [0.2, 0.25) is 0 Å². The molecule has 4 heterocycles. The van der Waals surface area contributed by atoms with Gasteiger partial charge in [0.15, 0.2) is 39.7 Å². The molecule has 3 N–H and O–H groups in total. The number of nitrogen functional groups attached to an aromatic ring is 1. The van der Waals surface area contributed by atoms with Crippen LogP contribution in [0.25, 0.3) is 11.2 Å². The molecule has 2 aromatic heterocycles. The van der Waals surface area contributed by atoms with Crippen LogP contribution in [0, 0.1) is 5.92 Å². The molecule has 2 aliphatic rings. The number of carboxylic acids is 1. The molecule has 0 radical (unpaired) electrons. The van der Waals surface area contributed by atoms with Gasteiger partial charge in [0.2, 0.25) is 6.79 Å². The number of carbonyl (C=O) groups is 3. The largest absolute Gasteiger partial charge is 0.481 e. The van der Waals surface area contributed by atoms with Crippen molar-refractivity contribution < 1.29 is 33.7 Å². The summed E-state index contributed by atoms with van der Waals surface area (Å²) < 4.78 is 19.0. The summed E-state index contributed by atoms with van der Waals surface area (Å²) >= 11 is 5.08. The van der Waals surface area contributed by atoms with Crippen LogP contribution in [0.4, 0.5) is 5.82 Å². The lowest BCUT2D eigenvalue weighted by atomic mass is 9.93. The molecule has 1 atom stereocenters. The van der Waals surface area contributed by atoms with E-state index in [1.807, 2.05) is 16.7 Å². The van der Waals surface area contributed by atoms with Crippen molar-refractivity contribution >= 4 is 62.5 Å². The van der Waals surface area contributed by atoms with Gasteiger partial charge in [-0.15, -0.1) is 0 Å². The van der Waals surface area contributed by atoms with Crippen molar-refractivity contribution in [2.45, 2.75) is 61.7 Å². The fraction of sp³-hybridized carbons (Fsp3) is 0.462. The number of halogens is 1. The molecule has 218 valence electrons. The number of hydrogen-bond donors (Lipinski definition) is 2. The Labute approximate surface area is 247 Å². The van der Waals surface area contributed by atoms with Crippen molar-refractivity contribution in [1.82, 2.24) is 24.4 Å². The molecule has 5 rings (SSSR count). The Morgan fingerprint density at radius 3 is 2.66 bits per heavy atom. The average Bonchev–Trinajstić information content (AvgIpc) is 3.55. The number of rotatable bonds is 10. The third-order valence-corrected chi connectivity index (χ3v) is 9.01. The number of nitrogens with zero attached hydrogens (tertiary/aromatic N) is 5. The van der Waals surface area contributed by atoms with Crippen LogP contribution >= 0.6 is 27.7 Å². The number of esters is 1. The first-order valence-electron chi connectivity index (χ1n) is 13.1. The highest BCUT2D eigenvalue weighted by molar-refractivity contribution is 9.10. The van der Waals surface area contributed by atoms with E-state index in [0.29, 0.717) is 54.0 Å². The highest BCUT2D eigenvalue weighted by Crippen LogP contribution is 2.43. The second-order valence-corrected chi connectivity index (χ2v) is 11.7. The molecule has 1 aromatic carbocycles. The number of piperidine rings is 1. The van der Waals surface area contributed by atoms with E-state index in [1.165, 1.54) is 25.0 Å². The molecule has 41 heavy (non-hydrogen) atoms. The molecule has 0 saturated carbocycles. The molecule has 0 unspecified atom stereocenters. The molecule has 1 saturated heterocycles. The van der Waals surface area contributed by atoms with Crippen LogP contribution < -0.4 is 15.2 Å². The Bertz CT molecular complexity index is 1480. The highest BCUT2D eigenvalue weighted by atomic mass is 79.9. The standard InChI is InChI=1S/C26H29BrN6O7S/c1-14(40-21(36)3-2-20(34)35)25(37)32-7-4-15(5-8-32)6-9-33-24-22(23(28)29-12-30-24)31-26(33)41-19-11-18-17(10-16(19)27)38-13-39-18/h10-12,14-15H,2-9,13H2,1H3,(H,34,35)(H2,28,29,30)/t14-/m0/s1. The Morgan fingerprint density at radius 1 is 1.20 bits per heavy atom. The monoisotopic (exact) mass is 648 g/mol. The molecule has 2 aliphatic heterocycles. The van der Waals surface area contributed by atoms with Crippen LogP contribution in [0.3, 0.4) is 0 Å². The van der Waals surface area contributed by atoms with Crippen LogP contribution in [0.1, 0.15) is 39.0 Å². The number of aromatic nitrogens is 4. The van der Waals surface area contributed by atoms with Crippen molar-refractivity contribution in [2.75, 3.05) is 25.6 Å². The summed E-state index contributed by atoms with van der Waals surface area (Å²) in [5.41, 5.74) is 7.32. The Balaban J connectivity index is 1.22. The summed E-state index contributed by atoms with van der Waals surface area (Å²) in [5, 5.41) is 9.43. The SMILES string of the molecule is C[C@H](OC(=O)CCC(=O)O)C(=O)N1CCC(CCn2c(Sc3cc4c(cc3Br)OCO4)nc3c(N)ncnc32)CC1. The van der Waals surface area contributed by atoms with E-state index in [1.54, 1.807) is 4.90 Å². The van der Waals surface area contributed by atoms with Crippen LogP contribution in [-0.2, 0) is 25.7 Å². The van der Waals surface area contributed by atoms with Crippen LogP contribution in [0.5, 0.6) is 11.5 Å². The molecular weight excluding hydrogens is 620 g/mol. The predicted octanol–water partition coefficient (Wildman–Crippen LogP) is 3.48. The third kappa shape index (κ3) is 6.67. The molecular formula is C26H29BrN6O7S. The van der Waals surface area contributed by atoms with Gasteiger partial charge in [0.25, 0.3) is 5.91 Å². The number of likely N-dealkylation sites (tertiary alicyclic amines) is 1. The second-order valence-electron chi connectivity index (χ2n) is 9.80. The van der Waals surface area contributed by atoms with Crippen molar-refractivity contribution in [3.05, 3.63) is 22.9 Å². The minimum Gasteiger partial charge on any atom is -0.481 e. The zero-order valence-electron chi connectivity index (χ0n) is 22.2. The zero-order valence-corrected chi connectivity index (χ0v) is 24.6. The summed E-state index contributed by atoms with van der Waals surface area (Å²) in [6, 6.07) is 3.78. The number of imidazole rings is 1. The number of aryl methyl sites for hydroxylation is 1. The number of ether oxygens (including phenoxy) is 3. The fourth-order valence-corrected chi connectivity index (χ4v) is 6.32. The maximum Gasteiger partial charge on any atom is 0.307 e. The van der Waals surface area contributed by atoms with E-state index in [0.717, 1.165) is 33.8 Å². The first-order chi connectivity index (χ1) is 19.7. The minimum absolute atomic E-state index is 0.182. The van der Waals surface area contributed by atoms with E-state index >= 15 is 0 Å². The van der Waals surface area contributed by atoms with E-state index in [9.17, 15) is 14.4 Å². The first-order valence-corrected chi connectivity index (χ1v) is 14.7. The molecule has 13 nitrogen and oxygen atoms in total. The second kappa shape index (κ2) is 12.5. The van der Waals surface area contributed by atoms with Crippen molar-refractivity contribution in [3.63, 3.8) is 0 Å². The maximum atomic E-state index is 12.8. The van der Waals surface area contributed by atoms with E-state index in [2.05, 4.69) is 25.9 Å². The Kier molecular flexibility index (Phi) is 8.82. The lowest BCUT2D eigenvalue weighted by Gasteiger charge is -2.33. The summed E-state index contributed by atoms with van der Waals surface area (Å²) in [5.74, 6) is -0.0310. The van der Waals surface area contributed by atoms with Gasteiger partial charge in [-0.25, -0.2) is 15.0 Å². The van der Waals surface area contributed by atoms with E-state index in [-0.39, 0.29) is 25.5 Å². The molecule has 0 aliphatic carbocycles. The van der Waals surface area contributed by atoms with Gasteiger partial charge < -0.3 is 34.5 Å². The number of benzene rings is 1. The predicted molar refractivity (Wildman–Crippen MR) is 150 cm³/mol. The van der Waals surface area contributed by atoms with Gasteiger partial charge in [0.1, 0.15) is 6.33 Å². The summed E-state index contributed by atoms with van der Waals surface area (Å²) in [4.78, 5) is 51.2. The van der Waals surface area contributed by atoms with E-state index in [4.69, 9.17) is 30.0 Å². The van der Waals surface area contributed by atoms with Gasteiger partial charge in [-0.2, -0.15) is 0 Å². The quantitative estimate of drug-likeness (QED) is 0.307. The number of fused-ring (bicyclic) bond motifs is 2. The number of carbonyl (C=O) groups excluding carboxylic acids is 2. The van der Waals surface area contributed by atoms with Crippen molar-refractivity contribution in [3.8, 4) is 11.5 Å². The fourth-order valence-electron chi connectivity index (χ4n) is 4.81. The number of anilines is 1. The summed E-state index contributed by atoms with van der Waals surface area (Å²) in [6.45, 7) is 3.44. The lowest BCUT2D eigenvalue weighted by Crippen LogP contribution is -2.44. The summed E-state index contributed by atoms with van der Waals surface area (Å²) in [6.07, 6.45) is 2.32. The smallest absolute Gasteiger partial charge is 0.307 e. The zero-order chi connectivity index (χ0) is 29.1. The van der Waals surface area contributed by atoms with Gasteiger partial charge in [-0.3, -0.25) is 14.4 Å². The number of hydrogen-bond acceptors (Lipinski definition) is 11. The Hall–Kier alpha value is -3.59. The van der Waals surface area contributed by atoms with Gasteiger partial charge in [0, 0.05) is 29.0 Å². The van der Waals surface area contributed by atoms with Crippen LogP contribution in [0.15, 0.2) is 33.0 Å². The van der Waals surface area contributed by atoms with Gasteiger partial charge in [0.05, 0.1) is 12.8 Å². The average molecular weight is 650 g/mol. The highest BCUT2D eigenvalue weighted by Gasteiger charge is 2.29. The van der Waals surface area contributed by atoms with E-state index < -0.39 is 18.0 Å². The molecule has 3 aromatic rings. The molecule has 1 amide bonds. The maximum absolute atomic E-state index is 12.8. The van der Waals surface area contributed by atoms with Crippen LogP contribution in [-0.4, -0.2) is 73.4 Å².